The SMILES string of the molecule is CCOC(=O)c1ccc(NC(=O)CCN2C(=O)/C(=C/c3ccc(-c4ccccc4)cc3)SC2=S)cc1. The minimum atomic E-state index is -0.412. The number of carbonyl (C=O) groups excluding carboxylic acids is 3. The summed E-state index contributed by atoms with van der Waals surface area (Å²) in [5.41, 5.74) is 4.09. The highest BCUT2D eigenvalue weighted by Crippen LogP contribution is 2.33. The molecular weight excluding hydrogens is 492 g/mol. The van der Waals surface area contributed by atoms with E-state index < -0.39 is 5.97 Å². The van der Waals surface area contributed by atoms with Gasteiger partial charge in [0.2, 0.25) is 5.91 Å². The van der Waals surface area contributed by atoms with Crippen LogP contribution in [0.2, 0.25) is 0 Å². The second-order valence-corrected chi connectivity index (χ2v) is 9.59. The number of hydrogen-bond acceptors (Lipinski definition) is 6. The average molecular weight is 517 g/mol. The van der Waals surface area contributed by atoms with Gasteiger partial charge in [-0.25, -0.2) is 4.79 Å². The molecule has 1 aliphatic rings. The Kier molecular flexibility index (Phi) is 8.30. The number of carbonyl (C=O) groups is 3. The van der Waals surface area contributed by atoms with Gasteiger partial charge in [0.15, 0.2) is 0 Å². The molecule has 1 saturated heterocycles. The van der Waals surface area contributed by atoms with E-state index in [1.54, 1.807) is 31.2 Å². The quantitative estimate of drug-likeness (QED) is 0.233. The molecule has 0 aliphatic carbocycles. The van der Waals surface area contributed by atoms with Crippen LogP contribution < -0.4 is 5.32 Å². The van der Waals surface area contributed by atoms with Crippen molar-refractivity contribution >= 4 is 57.8 Å². The van der Waals surface area contributed by atoms with Crippen molar-refractivity contribution in [3.63, 3.8) is 0 Å². The van der Waals surface area contributed by atoms with Gasteiger partial charge >= 0.3 is 5.97 Å². The molecule has 1 N–H and O–H groups in total. The third-order valence-corrected chi connectivity index (χ3v) is 6.81. The van der Waals surface area contributed by atoms with Crippen LogP contribution in [0.4, 0.5) is 5.69 Å². The topological polar surface area (TPSA) is 75.7 Å². The molecule has 1 aliphatic heterocycles. The fourth-order valence-electron chi connectivity index (χ4n) is 3.59. The summed E-state index contributed by atoms with van der Waals surface area (Å²) in [5, 5.41) is 2.77. The largest absolute Gasteiger partial charge is 0.462 e. The number of thioether (sulfide) groups is 1. The molecule has 3 aromatic rings. The summed E-state index contributed by atoms with van der Waals surface area (Å²) < 4.78 is 5.38. The number of benzene rings is 3. The van der Waals surface area contributed by atoms with Crippen molar-refractivity contribution in [3.05, 3.63) is 94.9 Å². The molecule has 1 fully saturated rings. The number of rotatable bonds is 8. The summed E-state index contributed by atoms with van der Waals surface area (Å²) >= 11 is 6.62. The van der Waals surface area contributed by atoms with Gasteiger partial charge in [-0.1, -0.05) is 78.6 Å². The van der Waals surface area contributed by atoms with Gasteiger partial charge in [-0.3, -0.25) is 14.5 Å². The van der Waals surface area contributed by atoms with Gasteiger partial charge in [-0.15, -0.1) is 0 Å². The maximum Gasteiger partial charge on any atom is 0.338 e. The van der Waals surface area contributed by atoms with Crippen LogP contribution >= 0.6 is 24.0 Å². The van der Waals surface area contributed by atoms with Crippen LogP contribution in [-0.4, -0.2) is 40.2 Å². The van der Waals surface area contributed by atoms with E-state index in [2.05, 4.69) is 17.4 Å². The number of ether oxygens (including phenoxy) is 1. The Morgan fingerprint density at radius 2 is 1.64 bits per heavy atom. The van der Waals surface area contributed by atoms with Crippen molar-refractivity contribution < 1.29 is 19.1 Å². The molecule has 0 aromatic heterocycles. The molecule has 36 heavy (non-hydrogen) atoms. The minimum Gasteiger partial charge on any atom is -0.462 e. The van der Waals surface area contributed by atoms with Crippen LogP contribution in [0.3, 0.4) is 0 Å². The molecule has 0 bridgehead atoms. The number of amides is 2. The highest BCUT2D eigenvalue weighted by Gasteiger charge is 2.32. The zero-order valence-electron chi connectivity index (χ0n) is 19.6. The molecule has 0 unspecified atom stereocenters. The van der Waals surface area contributed by atoms with Crippen LogP contribution in [0.25, 0.3) is 17.2 Å². The lowest BCUT2D eigenvalue weighted by molar-refractivity contribution is -0.122. The van der Waals surface area contributed by atoms with Crippen LogP contribution in [0.15, 0.2) is 83.8 Å². The Morgan fingerprint density at radius 3 is 2.31 bits per heavy atom. The molecule has 3 aromatic carbocycles. The van der Waals surface area contributed by atoms with Crippen LogP contribution in [-0.2, 0) is 14.3 Å². The van der Waals surface area contributed by atoms with E-state index in [1.807, 2.05) is 48.5 Å². The monoisotopic (exact) mass is 516 g/mol. The van der Waals surface area contributed by atoms with Gasteiger partial charge in [0.1, 0.15) is 4.32 Å². The number of thiocarbonyl (C=S) groups is 1. The predicted molar refractivity (Wildman–Crippen MR) is 147 cm³/mol. The smallest absolute Gasteiger partial charge is 0.338 e. The highest BCUT2D eigenvalue weighted by atomic mass is 32.2. The van der Waals surface area contributed by atoms with E-state index in [4.69, 9.17) is 17.0 Å². The first-order valence-corrected chi connectivity index (χ1v) is 12.6. The molecule has 0 spiro atoms. The molecule has 182 valence electrons. The number of anilines is 1. The van der Waals surface area contributed by atoms with Gasteiger partial charge < -0.3 is 10.1 Å². The Labute approximate surface area is 219 Å². The average Bonchev–Trinajstić information content (AvgIpc) is 3.16. The van der Waals surface area contributed by atoms with Crippen LogP contribution in [0, 0.1) is 0 Å². The van der Waals surface area contributed by atoms with Crippen molar-refractivity contribution in [1.82, 2.24) is 4.90 Å². The first-order chi connectivity index (χ1) is 17.4. The van der Waals surface area contributed by atoms with E-state index in [-0.39, 0.29) is 24.8 Å². The summed E-state index contributed by atoms with van der Waals surface area (Å²) in [4.78, 5) is 39.0. The molecule has 2 amide bonds. The molecule has 0 atom stereocenters. The van der Waals surface area contributed by atoms with Gasteiger partial charge in [-0.2, -0.15) is 0 Å². The van der Waals surface area contributed by atoms with Gasteiger partial charge in [0.05, 0.1) is 17.1 Å². The maximum atomic E-state index is 12.9. The van der Waals surface area contributed by atoms with Gasteiger partial charge in [0.25, 0.3) is 5.91 Å². The number of nitrogens with zero attached hydrogens (tertiary/aromatic N) is 1. The summed E-state index contributed by atoms with van der Waals surface area (Å²) in [6.45, 7) is 2.22. The number of nitrogens with one attached hydrogen (secondary N) is 1. The third-order valence-electron chi connectivity index (χ3n) is 5.43. The van der Waals surface area contributed by atoms with Crippen molar-refractivity contribution in [2.45, 2.75) is 13.3 Å². The van der Waals surface area contributed by atoms with Crippen LogP contribution in [0.5, 0.6) is 0 Å². The Bertz CT molecular complexity index is 1300. The standard InChI is InChI=1S/C28H24N2O4S2/c1-2-34-27(33)22-12-14-23(15-13-22)29-25(31)16-17-30-26(32)24(36-28(30)35)18-19-8-10-21(11-9-19)20-6-4-3-5-7-20/h3-15,18H,2,16-17H2,1H3,(H,29,31)/b24-18-. The van der Waals surface area contributed by atoms with E-state index >= 15 is 0 Å². The first-order valence-electron chi connectivity index (χ1n) is 11.4. The zero-order chi connectivity index (χ0) is 25.5. The Hall–Kier alpha value is -3.75. The molecule has 8 heteroatoms. The second-order valence-electron chi connectivity index (χ2n) is 7.92. The van der Waals surface area contributed by atoms with Gasteiger partial charge in [-0.05, 0) is 54.0 Å². The summed E-state index contributed by atoms with van der Waals surface area (Å²) in [7, 11) is 0. The minimum absolute atomic E-state index is 0.0884. The number of esters is 1. The lowest BCUT2D eigenvalue weighted by atomic mass is 10.0. The second kappa shape index (κ2) is 11.8. The van der Waals surface area contributed by atoms with E-state index in [1.165, 1.54) is 16.7 Å². The third kappa shape index (κ3) is 6.27. The summed E-state index contributed by atoms with van der Waals surface area (Å²) in [6.07, 6.45) is 1.91. The lowest BCUT2D eigenvalue weighted by Gasteiger charge is -2.14. The lowest BCUT2D eigenvalue weighted by Crippen LogP contribution is -2.31. The van der Waals surface area contributed by atoms with Crippen molar-refractivity contribution in [2.75, 3.05) is 18.5 Å². The molecule has 0 radical (unpaired) electrons. The molecule has 1 heterocycles. The van der Waals surface area contributed by atoms with Crippen molar-refractivity contribution in [3.8, 4) is 11.1 Å². The Balaban J connectivity index is 1.32. The van der Waals surface area contributed by atoms with Crippen LogP contribution in [0.1, 0.15) is 29.3 Å². The number of hydrogen-bond donors (Lipinski definition) is 1. The summed E-state index contributed by atoms with van der Waals surface area (Å²) in [5.74, 6) is -0.873. The van der Waals surface area contributed by atoms with E-state index in [0.717, 1.165) is 16.7 Å². The first kappa shape index (κ1) is 25.3. The molecule has 0 saturated carbocycles. The zero-order valence-corrected chi connectivity index (χ0v) is 21.2. The van der Waals surface area contributed by atoms with Crippen molar-refractivity contribution in [2.24, 2.45) is 0 Å². The maximum absolute atomic E-state index is 12.9. The van der Waals surface area contributed by atoms with Gasteiger partial charge in [0, 0.05) is 18.7 Å². The highest BCUT2D eigenvalue weighted by molar-refractivity contribution is 8.26. The molecule has 6 nitrogen and oxygen atoms in total. The normalized spacial score (nSPS) is 14.2. The molecular formula is C28H24N2O4S2. The fourth-order valence-corrected chi connectivity index (χ4v) is 4.90. The summed E-state index contributed by atoms with van der Waals surface area (Å²) in [6, 6.07) is 24.5. The van der Waals surface area contributed by atoms with E-state index in [0.29, 0.717) is 27.1 Å². The van der Waals surface area contributed by atoms with E-state index in [9.17, 15) is 14.4 Å². The predicted octanol–water partition coefficient (Wildman–Crippen LogP) is 5.76. The van der Waals surface area contributed by atoms with Crippen molar-refractivity contribution in [1.29, 1.82) is 0 Å². The Morgan fingerprint density at radius 1 is 0.972 bits per heavy atom. The molecule has 4 rings (SSSR count). The fraction of sp³-hybridized carbons (Fsp3) is 0.143.